The minimum atomic E-state index is -0.523. The first-order valence-corrected chi connectivity index (χ1v) is 11.7. The summed E-state index contributed by atoms with van der Waals surface area (Å²) in [6.07, 6.45) is 2.60. The maximum absolute atomic E-state index is 12.4. The van der Waals surface area contributed by atoms with Gasteiger partial charge in [-0.05, 0) is 49.9 Å². The van der Waals surface area contributed by atoms with Crippen molar-refractivity contribution in [1.29, 1.82) is 0 Å². The number of carbonyl (C=O) groups excluding carboxylic acids is 1. The van der Waals surface area contributed by atoms with Gasteiger partial charge in [0.2, 0.25) is 5.88 Å². The highest BCUT2D eigenvalue weighted by atomic mass is 16.6. The highest BCUT2D eigenvalue weighted by molar-refractivity contribution is 5.80. The number of amides is 1. The van der Waals surface area contributed by atoms with Crippen molar-refractivity contribution in [2.45, 2.75) is 47.0 Å². The van der Waals surface area contributed by atoms with Crippen LogP contribution in [0.2, 0.25) is 0 Å². The Morgan fingerprint density at radius 2 is 1.85 bits per heavy atom. The molecule has 2 heterocycles. The molecule has 1 aromatic carbocycles. The summed E-state index contributed by atoms with van der Waals surface area (Å²) < 4.78 is 7.35. The first-order chi connectivity index (χ1) is 15.7. The highest BCUT2D eigenvalue weighted by Gasteiger charge is 2.34. The summed E-state index contributed by atoms with van der Waals surface area (Å²) in [5, 5.41) is 3.27. The molecule has 1 amide bonds. The molecule has 1 N–H and O–H groups in total. The SMILES string of the molecule is [C-]#[N+]c1c(CC2C(C)CC(C)CC2C)c2nc(-c3ccc(C)cc3)[nH]n2c1OC(=O)N(C)C. The number of nitrogens with zero attached hydrogens (tertiary/aromatic N) is 4. The molecule has 1 fully saturated rings. The summed E-state index contributed by atoms with van der Waals surface area (Å²) >= 11 is 0. The number of aromatic nitrogens is 3. The van der Waals surface area contributed by atoms with Crippen molar-refractivity contribution < 1.29 is 9.53 Å². The zero-order chi connectivity index (χ0) is 23.9. The van der Waals surface area contributed by atoms with Crippen LogP contribution < -0.4 is 4.74 Å². The van der Waals surface area contributed by atoms with Crippen molar-refractivity contribution in [1.82, 2.24) is 19.5 Å². The number of fused-ring (bicyclic) bond motifs is 1. The van der Waals surface area contributed by atoms with Gasteiger partial charge in [0.15, 0.2) is 5.82 Å². The van der Waals surface area contributed by atoms with Gasteiger partial charge in [0.25, 0.3) is 5.69 Å². The molecule has 0 bridgehead atoms. The summed E-state index contributed by atoms with van der Waals surface area (Å²) in [6.45, 7) is 16.9. The van der Waals surface area contributed by atoms with Crippen molar-refractivity contribution >= 4 is 17.4 Å². The van der Waals surface area contributed by atoms with Crippen LogP contribution in [0.3, 0.4) is 0 Å². The smallest absolute Gasteiger partial charge is 0.402 e. The van der Waals surface area contributed by atoms with Crippen LogP contribution in [0.15, 0.2) is 24.3 Å². The summed E-state index contributed by atoms with van der Waals surface area (Å²) in [5.41, 5.74) is 4.01. The van der Waals surface area contributed by atoms with Gasteiger partial charge in [0.05, 0.1) is 6.57 Å². The van der Waals surface area contributed by atoms with E-state index in [2.05, 4.69) is 30.7 Å². The largest absolute Gasteiger partial charge is 0.414 e. The van der Waals surface area contributed by atoms with E-state index in [1.807, 2.05) is 31.2 Å². The highest BCUT2D eigenvalue weighted by Crippen LogP contribution is 2.45. The fourth-order valence-electron chi connectivity index (χ4n) is 5.36. The molecule has 0 saturated heterocycles. The van der Waals surface area contributed by atoms with E-state index in [-0.39, 0.29) is 5.88 Å². The van der Waals surface area contributed by atoms with Crippen LogP contribution in [0.5, 0.6) is 5.88 Å². The summed E-state index contributed by atoms with van der Waals surface area (Å²) in [4.78, 5) is 22.5. The van der Waals surface area contributed by atoms with Crippen LogP contribution in [-0.2, 0) is 6.42 Å². The number of ether oxygens (including phenoxy) is 1. The van der Waals surface area contributed by atoms with Crippen molar-refractivity contribution in [2.75, 3.05) is 14.1 Å². The van der Waals surface area contributed by atoms with Gasteiger partial charge >= 0.3 is 6.09 Å². The van der Waals surface area contributed by atoms with Crippen molar-refractivity contribution in [3.05, 3.63) is 46.8 Å². The lowest BCUT2D eigenvalue weighted by atomic mass is 9.67. The van der Waals surface area contributed by atoms with E-state index < -0.39 is 6.09 Å². The third-order valence-corrected chi connectivity index (χ3v) is 7.04. The topological polar surface area (TPSA) is 67.0 Å². The Labute approximate surface area is 195 Å². The number of nitrogens with one attached hydrogen (secondary N) is 1. The van der Waals surface area contributed by atoms with Gasteiger partial charge in [-0.3, -0.25) is 5.10 Å². The lowest BCUT2D eigenvalue weighted by molar-refractivity contribution is 0.136. The van der Waals surface area contributed by atoms with E-state index in [1.165, 1.54) is 23.3 Å². The van der Waals surface area contributed by atoms with Crippen LogP contribution in [0.4, 0.5) is 10.5 Å². The number of rotatable bonds is 4. The molecule has 1 aliphatic carbocycles. The average Bonchev–Trinajstić information content (AvgIpc) is 3.29. The number of carbonyl (C=O) groups is 1. The Morgan fingerprint density at radius 3 is 2.42 bits per heavy atom. The van der Waals surface area contributed by atoms with E-state index in [0.29, 0.717) is 34.9 Å². The molecule has 3 aromatic rings. The molecule has 0 aliphatic heterocycles. The summed E-state index contributed by atoms with van der Waals surface area (Å²) in [5.74, 6) is 3.18. The van der Waals surface area contributed by atoms with Gasteiger partial charge in [0, 0.05) is 25.2 Å². The number of H-pyrrole nitrogens is 1. The van der Waals surface area contributed by atoms with Gasteiger partial charge < -0.3 is 9.64 Å². The van der Waals surface area contributed by atoms with E-state index in [4.69, 9.17) is 16.3 Å². The third kappa shape index (κ3) is 4.35. The summed E-state index contributed by atoms with van der Waals surface area (Å²) in [7, 11) is 3.26. The molecule has 1 saturated carbocycles. The van der Waals surface area contributed by atoms with Crippen LogP contribution in [0.25, 0.3) is 21.9 Å². The molecule has 1 aliphatic rings. The maximum Gasteiger partial charge on any atom is 0.414 e. The molecule has 4 rings (SSSR count). The number of hydrogen-bond donors (Lipinski definition) is 1. The molecular formula is C26H33N5O2. The van der Waals surface area contributed by atoms with Crippen LogP contribution in [-0.4, -0.2) is 39.7 Å². The Morgan fingerprint density at radius 1 is 1.21 bits per heavy atom. The first-order valence-electron chi connectivity index (χ1n) is 11.7. The monoisotopic (exact) mass is 447 g/mol. The van der Waals surface area contributed by atoms with Gasteiger partial charge in [-0.15, -0.1) is 0 Å². The quantitative estimate of drug-likeness (QED) is 0.491. The Kier molecular flexibility index (Phi) is 6.20. The van der Waals surface area contributed by atoms with E-state index in [0.717, 1.165) is 23.5 Å². The number of aromatic amines is 1. The molecule has 2 aromatic heterocycles. The molecular weight excluding hydrogens is 414 g/mol. The van der Waals surface area contributed by atoms with E-state index in [1.54, 1.807) is 18.6 Å². The minimum Gasteiger partial charge on any atom is -0.402 e. The normalized spacial score (nSPS) is 22.8. The zero-order valence-corrected chi connectivity index (χ0v) is 20.3. The average molecular weight is 448 g/mol. The van der Waals surface area contributed by atoms with Crippen molar-refractivity contribution in [3.63, 3.8) is 0 Å². The van der Waals surface area contributed by atoms with Gasteiger partial charge in [-0.2, -0.15) is 0 Å². The molecule has 2 unspecified atom stereocenters. The third-order valence-electron chi connectivity index (χ3n) is 7.04. The molecule has 2 atom stereocenters. The Bertz CT molecular complexity index is 1190. The Hall–Kier alpha value is -3.27. The Balaban J connectivity index is 1.83. The molecule has 174 valence electrons. The maximum atomic E-state index is 12.4. The lowest BCUT2D eigenvalue weighted by Gasteiger charge is -2.38. The van der Waals surface area contributed by atoms with Gasteiger partial charge in [-0.25, -0.2) is 19.1 Å². The lowest BCUT2D eigenvalue weighted by Crippen LogP contribution is -2.30. The first kappa shape index (κ1) is 22.9. The molecule has 7 heteroatoms. The predicted molar refractivity (Wildman–Crippen MR) is 130 cm³/mol. The van der Waals surface area contributed by atoms with Crippen LogP contribution in [0, 0.1) is 37.2 Å². The predicted octanol–water partition coefficient (Wildman–Crippen LogP) is 6.11. The van der Waals surface area contributed by atoms with Crippen LogP contribution in [0.1, 0.15) is 44.7 Å². The van der Waals surface area contributed by atoms with Gasteiger partial charge in [0.1, 0.15) is 5.65 Å². The van der Waals surface area contributed by atoms with E-state index in [9.17, 15) is 4.79 Å². The summed E-state index contributed by atoms with van der Waals surface area (Å²) in [6, 6.07) is 8.11. The fraction of sp³-hybridized carbons (Fsp3) is 0.500. The number of benzene rings is 1. The molecule has 7 nitrogen and oxygen atoms in total. The second kappa shape index (κ2) is 8.93. The fourth-order valence-corrected chi connectivity index (χ4v) is 5.36. The van der Waals surface area contributed by atoms with E-state index >= 15 is 0 Å². The number of hydrogen-bond acceptors (Lipinski definition) is 3. The molecule has 0 spiro atoms. The standard InChI is InChI=1S/C26H33N5O2/c1-15-8-10-19(11-9-15)23-28-24-21(14-20-17(3)12-16(2)13-18(20)4)22(27-5)25(31(24)29-23)33-26(32)30(6)7/h8-11,16-18,20H,12-14H2,1-4,6-7H3,(H,28,29). The zero-order valence-electron chi connectivity index (χ0n) is 20.3. The van der Waals surface area contributed by atoms with Crippen molar-refractivity contribution in [2.24, 2.45) is 23.7 Å². The minimum absolute atomic E-state index is 0.212. The van der Waals surface area contributed by atoms with Crippen molar-refractivity contribution in [3.8, 4) is 17.3 Å². The number of aryl methyl sites for hydroxylation is 1. The second-order valence-electron chi connectivity index (χ2n) is 10.0. The molecule has 33 heavy (non-hydrogen) atoms. The van der Waals surface area contributed by atoms with Crippen LogP contribution >= 0.6 is 0 Å². The second-order valence-corrected chi connectivity index (χ2v) is 10.0. The van der Waals surface area contributed by atoms with Gasteiger partial charge in [-0.1, -0.05) is 50.6 Å². The molecule has 0 radical (unpaired) electrons.